The van der Waals surface area contributed by atoms with E-state index in [4.69, 9.17) is 14.7 Å². The van der Waals surface area contributed by atoms with E-state index >= 15 is 0 Å². The molecule has 0 fully saturated rings. The molecule has 8 nitrogen and oxygen atoms in total. The standard InChI is InChI=1S/C25H21FN4O4/c1-33-23-14-19(6-11-22(23)34-16-18-2-7-20(26)8-3-18)15-28-30-25(32)24(31)29-21-9-4-17(5-10-21)12-13-27/h2-11,14-15H,12,16H2,1H3,(H,29,31)(H,30,32)/b28-15+. The highest BCUT2D eigenvalue weighted by molar-refractivity contribution is 6.39. The topological polar surface area (TPSA) is 113 Å². The van der Waals surface area contributed by atoms with E-state index in [-0.39, 0.29) is 18.8 Å². The van der Waals surface area contributed by atoms with E-state index in [9.17, 15) is 14.0 Å². The Kier molecular flexibility index (Phi) is 8.30. The first-order valence-electron chi connectivity index (χ1n) is 10.1. The molecule has 0 bridgehead atoms. The van der Waals surface area contributed by atoms with Gasteiger partial charge in [0.25, 0.3) is 0 Å². The van der Waals surface area contributed by atoms with Crippen LogP contribution in [0.2, 0.25) is 0 Å². The first-order chi connectivity index (χ1) is 16.5. The lowest BCUT2D eigenvalue weighted by Gasteiger charge is -2.11. The molecule has 34 heavy (non-hydrogen) atoms. The van der Waals surface area contributed by atoms with Crippen molar-refractivity contribution in [3.8, 4) is 17.6 Å². The molecule has 0 heterocycles. The quantitative estimate of drug-likeness (QED) is 0.303. The van der Waals surface area contributed by atoms with Gasteiger partial charge in [0.15, 0.2) is 11.5 Å². The molecule has 0 aliphatic carbocycles. The number of anilines is 1. The van der Waals surface area contributed by atoms with Gasteiger partial charge < -0.3 is 14.8 Å². The first kappa shape index (κ1) is 23.9. The Hall–Kier alpha value is -4.71. The van der Waals surface area contributed by atoms with E-state index in [1.165, 1.54) is 25.5 Å². The third-order valence-electron chi connectivity index (χ3n) is 4.58. The number of carbonyl (C=O) groups excluding carboxylic acids is 2. The first-order valence-corrected chi connectivity index (χ1v) is 10.1. The molecule has 0 spiro atoms. The Balaban J connectivity index is 1.53. The fourth-order valence-electron chi connectivity index (χ4n) is 2.83. The predicted octanol–water partition coefficient (Wildman–Crippen LogP) is 3.57. The molecule has 0 aliphatic heterocycles. The van der Waals surface area contributed by atoms with Crippen molar-refractivity contribution in [2.75, 3.05) is 12.4 Å². The number of benzene rings is 3. The number of methoxy groups -OCH3 is 1. The second kappa shape index (κ2) is 11.8. The maximum Gasteiger partial charge on any atom is 0.329 e. The lowest BCUT2D eigenvalue weighted by molar-refractivity contribution is -0.136. The normalized spacial score (nSPS) is 10.4. The largest absolute Gasteiger partial charge is 0.493 e. The second-order valence-corrected chi connectivity index (χ2v) is 7.01. The minimum Gasteiger partial charge on any atom is -0.493 e. The summed E-state index contributed by atoms with van der Waals surface area (Å²) < 4.78 is 24.1. The van der Waals surface area contributed by atoms with Crippen molar-refractivity contribution in [3.05, 3.63) is 89.2 Å². The van der Waals surface area contributed by atoms with Crippen LogP contribution in [0.4, 0.5) is 10.1 Å². The van der Waals surface area contributed by atoms with Crippen LogP contribution in [0, 0.1) is 17.1 Å². The SMILES string of the molecule is COc1cc(/C=N/NC(=O)C(=O)Nc2ccc(CC#N)cc2)ccc1OCc1ccc(F)cc1. The molecule has 0 unspecified atom stereocenters. The van der Waals surface area contributed by atoms with Crippen molar-refractivity contribution in [1.29, 1.82) is 5.26 Å². The predicted molar refractivity (Wildman–Crippen MR) is 124 cm³/mol. The minimum absolute atomic E-state index is 0.232. The van der Waals surface area contributed by atoms with Crippen LogP contribution < -0.4 is 20.2 Å². The molecule has 0 radical (unpaired) electrons. The third kappa shape index (κ3) is 6.90. The van der Waals surface area contributed by atoms with Gasteiger partial charge in [-0.3, -0.25) is 9.59 Å². The number of hydrogen-bond donors (Lipinski definition) is 2. The fourth-order valence-corrected chi connectivity index (χ4v) is 2.83. The average molecular weight is 460 g/mol. The minimum atomic E-state index is -0.941. The maximum absolute atomic E-state index is 13.0. The lowest BCUT2D eigenvalue weighted by atomic mass is 10.1. The molecule has 0 saturated carbocycles. The summed E-state index contributed by atoms with van der Waals surface area (Å²) in [6.07, 6.45) is 1.61. The van der Waals surface area contributed by atoms with Gasteiger partial charge in [-0.1, -0.05) is 24.3 Å². The smallest absolute Gasteiger partial charge is 0.329 e. The van der Waals surface area contributed by atoms with Crippen LogP contribution >= 0.6 is 0 Å². The Morgan fingerprint density at radius 1 is 1.00 bits per heavy atom. The number of carbonyl (C=O) groups is 2. The highest BCUT2D eigenvalue weighted by atomic mass is 19.1. The molecule has 0 saturated heterocycles. The number of hydrogen-bond acceptors (Lipinski definition) is 6. The Morgan fingerprint density at radius 3 is 2.38 bits per heavy atom. The van der Waals surface area contributed by atoms with Crippen molar-refractivity contribution in [2.24, 2.45) is 5.10 Å². The molecule has 3 aromatic carbocycles. The number of halogens is 1. The molecule has 2 amide bonds. The summed E-state index contributed by atoms with van der Waals surface area (Å²) in [5.74, 6) is -1.22. The monoisotopic (exact) mass is 460 g/mol. The van der Waals surface area contributed by atoms with Crippen LogP contribution in [0.3, 0.4) is 0 Å². The van der Waals surface area contributed by atoms with Crippen LogP contribution in [0.25, 0.3) is 0 Å². The van der Waals surface area contributed by atoms with Crippen molar-refractivity contribution >= 4 is 23.7 Å². The van der Waals surface area contributed by atoms with E-state index in [1.807, 2.05) is 6.07 Å². The number of nitrogens with one attached hydrogen (secondary N) is 2. The molecular weight excluding hydrogens is 439 g/mol. The summed E-state index contributed by atoms with van der Waals surface area (Å²) in [7, 11) is 1.49. The zero-order valence-corrected chi connectivity index (χ0v) is 18.2. The van der Waals surface area contributed by atoms with Crippen LogP contribution in [0.15, 0.2) is 71.8 Å². The van der Waals surface area contributed by atoms with Gasteiger partial charge in [0.2, 0.25) is 0 Å². The number of nitriles is 1. The van der Waals surface area contributed by atoms with Gasteiger partial charge in [-0.2, -0.15) is 10.4 Å². The third-order valence-corrected chi connectivity index (χ3v) is 4.58. The van der Waals surface area contributed by atoms with E-state index in [2.05, 4.69) is 15.8 Å². The molecule has 0 atom stereocenters. The van der Waals surface area contributed by atoms with Crippen molar-refractivity contribution in [1.82, 2.24) is 5.43 Å². The van der Waals surface area contributed by atoms with Gasteiger partial charge in [-0.05, 0) is 59.2 Å². The van der Waals surface area contributed by atoms with Gasteiger partial charge >= 0.3 is 11.8 Å². The van der Waals surface area contributed by atoms with Crippen LogP contribution in [-0.2, 0) is 22.6 Å². The van der Waals surface area contributed by atoms with E-state index in [1.54, 1.807) is 54.6 Å². The molecule has 2 N–H and O–H groups in total. The Bertz CT molecular complexity index is 1220. The second-order valence-electron chi connectivity index (χ2n) is 7.01. The fraction of sp³-hybridized carbons (Fsp3) is 0.120. The summed E-state index contributed by atoms with van der Waals surface area (Å²) in [6.45, 7) is 0.232. The summed E-state index contributed by atoms with van der Waals surface area (Å²) in [5.41, 5.74) is 4.78. The molecule has 0 aromatic heterocycles. The highest BCUT2D eigenvalue weighted by Gasteiger charge is 2.13. The van der Waals surface area contributed by atoms with Crippen molar-refractivity contribution < 1.29 is 23.5 Å². The van der Waals surface area contributed by atoms with Crippen molar-refractivity contribution in [2.45, 2.75) is 13.0 Å². The zero-order chi connectivity index (χ0) is 24.3. The van der Waals surface area contributed by atoms with E-state index in [0.717, 1.165) is 11.1 Å². The summed E-state index contributed by atoms with van der Waals surface area (Å²) in [4.78, 5) is 24.0. The van der Waals surface area contributed by atoms with Gasteiger partial charge in [-0.15, -0.1) is 0 Å². The highest BCUT2D eigenvalue weighted by Crippen LogP contribution is 2.28. The molecule has 0 aliphatic rings. The van der Waals surface area contributed by atoms with Gasteiger partial charge in [0.1, 0.15) is 12.4 Å². The lowest BCUT2D eigenvalue weighted by Crippen LogP contribution is -2.32. The average Bonchev–Trinajstić information content (AvgIpc) is 2.85. The molecule has 9 heteroatoms. The maximum atomic E-state index is 13.0. The number of ether oxygens (including phenoxy) is 2. The van der Waals surface area contributed by atoms with Crippen molar-refractivity contribution in [3.63, 3.8) is 0 Å². The summed E-state index contributed by atoms with van der Waals surface area (Å²) in [5, 5.41) is 14.9. The molecule has 172 valence electrons. The van der Waals surface area contributed by atoms with E-state index in [0.29, 0.717) is 22.7 Å². The summed E-state index contributed by atoms with van der Waals surface area (Å²) in [6, 6.07) is 19.6. The molecular formula is C25H21FN4O4. The molecule has 3 aromatic rings. The van der Waals surface area contributed by atoms with Gasteiger partial charge in [-0.25, -0.2) is 9.82 Å². The number of rotatable bonds is 8. The van der Waals surface area contributed by atoms with Crippen LogP contribution in [0.5, 0.6) is 11.5 Å². The zero-order valence-electron chi connectivity index (χ0n) is 18.2. The number of hydrazone groups is 1. The number of amides is 2. The van der Waals surface area contributed by atoms with Gasteiger partial charge in [0, 0.05) is 5.69 Å². The summed E-state index contributed by atoms with van der Waals surface area (Å²) >= 11 is 0. The number of nitrogens with zero attached hydrogens (tertiary/aromatic N) is 2. The molecule has 3 rings (SSSR count). The Labute approximate surface area is 195 Å². The Morgan fingerprint density at radius 2 is 1.71 bits per heavy atom. The van der Waals surface area contributed by atoms with Crippen LogP contribution in [0.1, 0.15) is 16.7 Å². The van der Waals surface area contributed by atoms with E-state index < -0.39 is 11.8 Å². The van der Waals surface area contributed by atoms with Gasteiger partial charge in [0.05, 0.1) is 25.8 Å². The van der Waals surface area contributed by atoms with Crippen LogP contribution in [-0.4, -0.2) is 25.1 Å².